The van der Waals surface area contributed by atoms with E-state index in [2.05, 4.69) is 10.3 Å². The molecule has 4 aromatic rings. The number of amides is 1. The molecule has 0 aliphatic heterocycles. The molecule has 2 aromatic heterocycles. The van der Waals surface area contributed by atoms with Crippen LogP contribution in [0.5, 0.6) is 5.75 Å². The van der Waals surface area contributed by atoms with Gasteiger partial charge in [0.05, 0.1) is 24.5 Å². The Labute approximate surface area is 210 Å². The number of hydrogen-bond donors (Lipinski definition) is 1. The summed E-state index contributed by atoms with van der Waals surface area (Å²) in [5, 5.41) is 3.54. The number of halogens is 1. The van der Waals surface area contributed by atoms with E-state index in [4.69, 9.17) is 21.1 Å². The Hall–Kier alpha value is -3.69. The zero-order valence-electron chi connectivity index (χ0n) is 19.3. The minimum Gasteiger partial charge on any atom is -0.495 e. The maximum Gasteiger partial charge on any atom is 0.349 e. The largest absolute Gasteiger partial charge is 0.495 e. The highest BCUT2D eigenvalue weighted by atomic mass is 35.5. The van der Waals surface area contributed by atoms with Gasteiger partial charge in [0.1, 0.15) is 28.6 Å². The van der Waals surface area contributed by atoms with Crippen LogP contribution in [0.3, 0.4) is 0 Å². The fourth-order valence-electron chi connectivity index (χ4n) is 3.53. The number of benzene rings is 2. The molecule has 0 unspecified atom stereocenters. The zero-order valence-corrected chi connectivity index (χ0v) is 20.8. The molecule has 0 saturated carbocycles. The van der Waals surface area contributed by atoms with Gasteiger partial charge in [-0.2, -0.15) is 0 Å². The fraction of sp³-hybridized carbons (Fsp3) is 0.200. The van der Waals surface area contributed by atoms with Crippen molar-refractivity contribution in [2.24, 2.45) is 0 Å². The van der Waals surface area contributed by atoms with E-state index in [1.165, 1.54) is 18.0 Å². The lowest BCUT2D eigenvalue weighted by atomic mass is 10.2. The molecule has 0 bridgehead atoms. The van der Waals surface area contributed by atoms with Gasteiger partial charge in [0.15, 0.2) is 0 Å². The Balaban J connectivity index is 1.54. The van der Waals surface area contributed by atoms with Crippen LogP contribution in [0.15, 0.2) is 53.6 Å². The first-order chi connectivity index (χ1) is 16.8. The van der Waals surface area contributed by atoms with Crippen LogP contribution in [0, 0.1) is 13.8 Å². The first-order valence-electron chi connectivity index (χ1n) is 10.6. The second-order valence-corrected chi connectivity index (χ2v) is 9.23. The molecule has 1 amide bonds. The number of hydrogen-bond acceptors (Lipinski definition) is 7. The van der Waals surface area contributed by atoms with Crippen molar-refractivity contribution in [1.29, 1.82) is 0 Å². The average molecular weight is 512 g/mol. The monoisotopic (exact) mass is 511 g/mol. The van der Waals surface area contributed by atoms with Gasteiger partial charge in [0.2, 0.25) is 5.91 Å². The van der Waals surface area contributed by atoms with E-state index >= 15 is 0 Å². The number of anilines is 1. The quantitative estimate of drug-likeness (QED) is 0.360. The summed E-state index contributed by atoms with van der Waals surface area (Å²) in [5.74, 6) is -0.561. The number of esters is 1. The van der Waals surface area contributed by atoms with E-state index in [0.717, 1.165) is 22.5 Å². The molecule has 0 aliphatic carbocycles. The number of rotatable bonds is 7. The van der Waals surface area contributed by atoms with E-state index in [1.54, 1.807) is 19.1 Å². The van der Waals surface area contributed by atoms with Gasteiger partial charge in [-0.3, -0.25) is 14.2 Å². The summed E-state index contributed by atoms with van der Waals surface area (Å²) in [4.78, 5) is 43.5. The number of nitrogens with zero attached hydrogens (tertiary/aromatic N) is 2. The van der Waals surface area contributed by atoms with Crippen LogP contribution < -0.4 is 15.6 Å². The maximum absolute atomic E-state index is 13.1. The van der Waals surface area contributed by atoms with Gasteiger partial charge in [0, 0.05) is 11.1 Å². The smallest absolute Gasteiger partial charge is 0.349 e. The third-order valence-electron chi connectivity index (χ3n) is 5.38. The number of aromatic nitrogens is 2. The van der Waals surface area contributed by atoms with E-state index < -0.39 is 17.4 Å². The van der Waals surface area contributed by atoms with E-state index in [9.17, 15) is 14.4 Å². The van der Waals surface area contributed by atoms with Crippen molar-refractivity contribution < 1.29 is 19.1 Å². The van der Waals surface area contributed by atoms with Crippen LogP contribution in [-0.2, 0) is 22.7 Å². The Morgan fingerprint density at radius 2 is 1.91 bits per heavy atom. The molecule has 2 heterocycles. The van der Waals surface area contributed by atoms with Crippen LogP contribution in [-0.4, -0.2) is 28.5 Å². The van der Waals surface area contributed by atoms with Crippen LogP contribution in [0.1, 0.15) is 26.4 Å². The van der Waals surface area contributed by atoms with Gasteiger partial charge in [-0.15, -0.1) is 11.3 Å². The lowest BCUT2D eigenvalue weighted by Gasteiger charge is -2.13. The predicted molar refractivity (Wildman–Crippen MR) is 136 cm³/mol. The Morgan fingerprint density at radius 3 is 2.63 bits per heavy atom. The Morgan fingerprint density at radius 1 is 1.17 bits per heavy atom. The molecule has 180 valence electrons. The van der Waals surface area contributed by atoms with Crippen molar-refractivity contribution in [2.75, 3.05) is 12.4 Å². The highest BCUT2D eigenvalue weighted by Crippen LogP contribution is 2.31. The molecule has 1 N–H and O–H groups in total. The first-order valence-corrected chi connectivity index (χ1v) is 11.8. The molecule has 4 rings (SSSR count). The summed E-state index contributed by atoms with van der Waals surface area (Å²) in [5.41, 5.74) is 2.13. The molecular weight excluding hydrogens is 490 g/mol. The highest BCUT2D eigenvalue weighted by molar-refractivity contribution is 7.20. The van der Waals surface area contributed by atoms with Gasteiger partial charge >= 0.3 is 5.97 Å². The average Bonchev–Trinajstić information content (AvgIpc) is 3.19. The standard InChI is InChI=1S/C25H22ClN3O5S/c1-14-9-18(19(33-3)10-17(14)26)28-20(30)11-29-13-27-23-21(24(29)31)15(2)22(35-23)25(32)34-12-16-7-5-4-6-8-16/h4-10,13H,11-12H2,1-3H3,(H,28,30). The van der Waals surface area contributed by atoms with Crippen molar-refractivity contribution in [3.8, 4) is 5.75 Å². The third-order valence-corrected chi connectivity index (χ3v) is 6.97. The van der Waals surface area contributed by atoms with E-state index in [0.29, 0.717) is 31.7 Å². The summed E-state index contributed by atoms with van der Waals surface area (Å²) < 4.78 is 11.9. The van der Waals surface area contributed by atoms with Crippen LogP contribution in [0.2, 0.25) is 5.02 Å². The Kier molecular flexibility index (Phi) is 7.18. The van der Waals surface area contributed by atoms with Crippen LogP contribution in [0.4, 0.5) is 5.69 Å². The van der Waals surface area contributed by atoms with Gasteiger partial charge in [-0.1, -0.05) is 41.9 Å². The minimum absolute atomic E-state index is 0.124. The van der Waals surface area contributed by atoms with Gasteiger partial charge in [-0.05, 0) is 36.6 Å². The molecule has 0 fully saturated rings. The Bertz CT molecular complexity index is 1480. The first kappa shape index (κ1) is 24.4. The molecule has 8 nitrogen and oxygen atoms in total. The van der Waals surface area contributed by atoms with Crippen molar-refractivity contribution >= 4 is 50.7 Å². The second kappa shape index (κ2) is 10.3. The molecular formula is C25H22ClN3O5S. The molecule has 0 spiro atoms. The van der Waals surface area contributed by atoms with E-state index in [-0.39, 0.29) is 18.5 Å². The summed E-state index contributed by atoms with van der Waals surface area (Å²) in [7, 11) is 1.47. The molecule has 0 saturated heterocycles. The SMILES string of the molecule is COc1cc(Cl)c(C)cc1NC(=O)Cn1cnc2sc(C(=O)OCc3ccccc3)c(C)c2c1=O. The van der Waals surface area contributed by atoms with Crippen LogP contribution >= 0.6 is 22.9 Å². The van der Waals surface area contributed by atoms with Crippen molar-refractivity contribution in [3.05, 3.63) is 85.7 Å². The number of ether oxygens (including phenoxy) is 2. The van der Waals surface area contributed by atoms with Crippen LogP contribution in [0.25, 0.3) is 10.2 Å². The number of carbonyl (C=O) groups is 2. The van der Waals surface area contributed by atoms with Crippen molar-refractivity contribution in [2.45, 2.75) is 27.0 Å². The predicted octanol–water partition coefficient (Wildman–Crippen LogP) is 4.73. The summed E-state index contributed by atoms with van der Waals surface area (Å²) >= 11 is 7.21. The maximum atomic E-state index is 13.1. The molecule has 0 atom stereocenters. The van der Waals surface area contributed by atoms with Gasteiger partial charge in [0.25, 0.3) is 5.56 Å². The lowest BCUT2D eigenvalue weighted by Crippen LogP contribution is -2.28. The number of aryl methyl sites for hydroxylation is 2. The minimum atomic E-state index is -0.525. The van der Waals surface area contributed by atoms with E-state index in [1.807, 2.05) is 37.3 Å². The summed E-state index contributed by atoms with van der Waals surface area (Å²) in [6.07, 6.45) is 1.30. The summed E-state index contributed by atoms with van der Waals surface area (Å²) in [6.45, 7) is 3.34. The van der Waals surface area contributed by atoms with Gasteiger partial charge < -0.3 is 14.8 Å². The second-order valence-electron chi connectivity index (χ2n) is 7.83. The molecule has 2 aromatic carbocycles. The number of carbonyl (C=O) groups excluding carboxylic acids is 2. The summed E-state index contributed by atoms with van der Waals surface area (Å²) in [6, 6.07) is 12.6. The zero-order chi connectivity index (χ0) is 25.1. The number of nitrogens with one attached hydrogen (secondary N) is 1. The number of fused-ring (bicyclic) bond motifs is 1. The molecule has 10 heteroatoms. The number of methoxy groups -OCH3 is 1. The molecule has 0 radical (unpaired) electrons. The molecule has 0 aliphatic rings. The van der Waals surface area contributed by atoms with Crippen molar-refractivity contribution in [1.82, 2.24) is 9.55 Å². The topological polar surface area (TPSA) is 99.5 Å². The normalized spacial score (nSPS) is 10.9. The third kappa shape index (κ3) is 5.21. The van der Waals surface area contributed by atoms with Gasteiger partial charge in [-0.25, -0.2) is 9.78 Å². The highest BCUT2D eigenvalue weighted by Gasteiger charge is 2.21. The lowest BCUT2D eigenvalue weighted by molar-refractivity contribution is -0.116. The molecule has 35 heavy (non-hydrogen) atoms. The van der Waals surface area contributed by atoms with Crippen molar-refractivity contribution in [3.63, 3.8) is 0 Å². The number of thiophene rings is 1. The fourth-order valence-corrected chi connectivity index (χ4v) is 4.72.